The van der Waals surface area contributed by atoms with E-state index in [0.29, 0.717) is 5.75 Å². The minimum Gasteiger partial charge on any atom is -0.494 e. The van der Waals surface area contributed by atoms with Crippen LogP contribution in [0, 0.1) is 11.6 Å². The van der Waals surface area contributed by atoms with Crippen molar-refractivity contribution in [2.24, 2.45) is 0 Å². The van der Waals surface area contributed by atoms with Crippen molar-refractivity contribution in [2.75, 3.05) is 12.9 Å². The Labute approximate surface area is 163 Å². The van der Waals surface area contributed by atoms with Gasteiger partial charge in [0.1, 0.15) is 11.6 Å². The molecule has 0 saturated carbocycles. The summed E-state index contributed by atoms with van der Waals surface area (Å²) in [6.07, 6.45) is -0.557. The number of ether oxygens (including phenoxy) is 2. The van der Waals surface area contributed by atoms with E-state index in [1.165, 1.54) is 43.5 Å². The van der Waals surface area contributed by atoms with Crippen molar-refractivity contribution in [2.45, 2.75) is 18.3 Å². The molecule has 1 aromatic heterocycles. The predicted molar refractivity (Wildman–Crippen MR) is 97.7 cm³/mol. The molecule has 28 heavy (non-hydrogen) atoms. The summed E-state index contributed by atoms with van der Waals surface area (Å²) < 4.78 is 42.6. The second-order valence-corrected chi connectivity index (χ2v) is 6.61. The van der Waals surface area contributed by atoms with Crippen LogP contribution in [0.4, 0.5) is 8.78 Å². The van der Waals surface area contributed by atoms with Crippen molar-refractivity contribution < 1.29 is 27.5 Å². The van der Waals surface area contributed by atoms with Gasteiger partial charge in [0.25, 0.3) is 11.1 Å². The maximum Gasteiger partial charge on any atom is 0.277 e. The lowest BCUT2D eigenvalue weighted by Crippen LogP contribution is -2.03. The summed E-state index contributed by atoms with van der Waals surface area (Å²) in [5, 5.41) is 7.94. The average Bonchev–Trinajstić information content (AvgIpc) is 3.17. The zero-order valence-electron chi connectivity index (χ0n) is 15.0. The summed E-state index contributed by atoms with van der Waals surface area (Å²) in [6.45, 7) is 1.70. The lowest BCUT2D eigenvalue weighted by molar-refractivity contribution is 0.102. The third-order valence-corrected chi connectivity index (χ3v) is 4.52. The van der Waals surface area contributed by atoms with E-state index in [1.807, 2.05) is 0 Å². The smallest absolute Gasteiger partial charge is 0.277 e. The molecule has 0 spiro atoms. The Balaban J connectivity index is 1.57. The minimum absolute atomic E-state index is 0.000598. The molecule has 0 bridgehead atoms. The number of rotatable bonds is 8. The predicted octanol–water partition coefficient (Wildman–Crippen LogP) is 4.47. The molecule has 0 fully saturated rings. The summed E-state index contributed by atoms with van der Waals surface area (Å²) in [5.74, 6) is -0.515. The van der Waals surface area contributed by atoms with E-state index in [1.54, 1.807) is 6.92 Å². The molecule has 0 amide bonds. The molecular weight excluding hydrogens is 390 g/mol. The first-order chi connectivity index (χ1) is 13.5. The summed E-state index contributed by atoms with van der Waals surface area (Å²) in [4.78, 5) is 12.2. The molecule has 3 aromatic rings. The zero-order valence-corrected chi connectivity index (χ0v) is 15.8. The van der Waals surface area contributed by atoms with Crippen LogP contribution in [0.3, 0.4) is 0 Å². The van der Waals surface area contributed by atoms with Gasteiger partial charge in [0.2, 0.25) is 0 Å². The summed E-state index contributed by atoms with van der Waals surface area (Å²) in [6, 6.07) is 9.55. The Morgan fingerprint density at radius 3 is 2.61 bits per heavy atom. The Bertz CT molecular complexity index is 963. The van der Waals surface area contributed by atoms with Crippen LogP contribution in [-0.2, 0) is 0 Å². The monoisotopic (exact) mass is 406 g/mol. The second-order valence-electron chi connectivity index (χ2n) is 5.68. The highest BCUT2D eigenvalue weighted by atomic mass is 32.2. The molecule has 0 unspecified atom stereocenters. The number of methoxy groups -OCH3 is 1. The van der Waals surface area contributed by atoms with Crippen LogP contribution in [0.1, 0.15) is 29.3 Å². The van der Waals surface area contributed by atoms with E-state index < -0.39 is 11.9 Å². The van der Waals surface area contributed by atoms with Crippen LogP contribution in [-0.4, -0.2) is 28.8 Å². The number of thioether (sulfide) groups is 1. The fourth-order valence-corrected chi connectivity index (χ4v) is 2.93. The molecule has 0 aliphatic rings. The number of halogens is 2. The number of hydrogen-bond acceptors (Lipinski definition) is 7. The van der Waals surface area contributed by atoms with Crippen molar-refractivity contribution in [3.8, 4) is 11.5 Å². The number of aromatic nitrogens is 2. The SMILES string of the molecule is COc1ccc(C(=O)CSc2nnc([C@H](C)Oc3ccc(F)cc3)o2)cc1F. The van der Waals surface area contributed by atoms with Crippen LogP contribution in [0.2, 0.25) is 0 Å². The van der Waals surface area contributed by atoms with E-state index >= 15 is 0 Å². The third kappa shape index (κ3) is 4.86. The van der Waals surface area contributed by atoms with Crippen molar-refractivity contribution in [3.05, 3.63) is 65.6 Å². The van der Waals surface area contributed by atoms with Gasteiger partial charge in [-0.05, 0) is 49.4 Å². The normalized spacial score (nSPS) is 11.9. The maximum atomic E-state index is 13.7. The Morgan fingerprint density at radius 2 is 1.93 bits per heavy atom. The first-order valence-corrected chi connectivity index (χ1v) is 9.20. The van der Waals surface area contributed by atoms with Gasteiger partial charge in [-0.25, -0.2) is 8.78 Å². The van der Waals surface area contributed by atoms with Gasteiger partial charge in [-0.2, -0.15) is 0 Å². The molecule has 0 aliphatic carbocycles. The first-order valence-electron chi connectivity index (χ1n) is 8.21. The van der Waals surface area contributed by atoms with Gasteiger partial charge >= 0.3 is 0 Å². The van der Waals surface area contributed by atoms with E-state index in [9.17, 15) is 13.6 Å². The van der Waals surface area contributed by atoms with Crippen LogP contribution in [0.5, 0.6) is 11.5 Å². The van der Waals surface area contributed by atoms with Gasteiger partial charge in [-0.1, -0.05) is 11.8 Å². The van der Waals surface area contributed by atoms with Crippen LogP contribution in [0.15, 0.2) is 52.1 Å². The third-order valence-electron chi connectivity index (χ3n) is 3.70. The number of benzene rings is 2. The molecule has 6 nitrogen and oxygen atoms in total. The Hall–Kier alpha value is -2.94. The highest BCUT2D eigenvalue weighted by Gasteiger charge is 2.18. The van der Waals surface area contributed by atoms with E-state index in [4.69, 9.17) is 13.9 Å². The van der Waals surface area contributed by atoms with Crippen molar-refractivity contribution in [1.29, 1.82) is 0 Å². The Kier molecular flexibility index (Phi) is 6.25. The van der Waals surface area contributed by atoms with Gasteiger partial charge in [-0.3, -0.25) is 4.79 Å². The molecule has 9 heteroatoms. The van der Waals surface area contributed by atoms with Crippen molar-refractivity contribution in [1.82, 2.24) is 10.2 Å². The van der Waals surface area contributed by atoms with Crippen molar-refractivity contribution in [3.63, 3.8) is 0 Å². The minimum atomic E-state index is -0.606. The second kappa shape index (κ2) is 8.83. The molecule has 1 heterocycles. The number of hydrogen-bond donors (Lipinski definition) is 0. The highest BCUT2D eigenvalue weighted by Crippen LogP contribution is 2.25. The molecule has 0 radical (unpaired) electrons. The van der Waals surface area contributed by atoms with Crippen LogP contribution >= 0.6 is 11.8 Å². The summed E-state index contributed by atoms with van der Waals surface area (Å²) >= 11 is 1.04. The molecule has 1 atom stereocenters. The average molecular weight is 406 g/mol. The highest BCUT2D eigenvalue weighted by molar-refractivity contribution is 7.99. The molecule has 3 rings (SSSR count). The summed E-state index contributed by atoms with van der Waals surface area (Å²) in [7, 11) is 1.35. The number of carbonyl (C=O) groups excluding carboxylic acids is 1. The fourth-order valence-electron chi connectivity index (χ4n) is 2.26. The van der Waals surface area contributed by atoms with Gasteiger partial charge in [0.05, 0.1) is 12.9 Å². The molecule has 146 valence electrons. The topological polar surface area (TPSA) is 74.5 Å². The number of nitrogens with zero attached hydrogens (tertiary/aromatic N) is 2. The molecular formula is C19H16F2N2O4S. The van der Waals surface area contributed by atoms with Crippen LogP contribution < -0.4 is 9.47 Å². The summed E-state index contributed by atoms with van der Waals surface area (Å²) in [5.41, 5.74) is 0.221. The number of Topliss-reactive ketones (excluding diaryl/α,β-unsaturated/α-hetero) is 1. The quantitative estimate of drug-likeness (QED) is 0.404. The van der Waals surface area contributed by atoms with Crippen molar-refractivity contribution >= 4 is 17.5 Å². The van der Waals surface area contributed by atoms with Crippen LogP contribution in [0.25, 0.3) is 0 Å². The molecule has 2 aromatic carbocycles. The van der Waals surface area contributed by atoms with E-state index in [-0.39, 0.29) is 39.8 Å². The fraction of sp³-hybridized carbons (Fsp3) is 0.211. The molecule has 0 aliphatic heterocycles. The van der Waals surface area contributed by atoms with E-state index in [2.05, 4.69) is 10.2 Å². The lowest BCUT2D eigenvalue weighted by Gasteiger charge is -2.10. The number of carbonyl (C=O) groups is 1. The zero-order chi connectivity index (χ0) is 20.1. The molecule has 0 saturated heterocycles. The Morgan fingerprint density at radius 1 is 1.18 bits per heavy atom. The standard InChI is InChI=1S/C19H16F2N2O4S/c1-11(26-14-6-4-13(20)5-7-14)18-22-23-19(27-18)28-10-16(24)12-3-8-17(25-2)15(21)9-12/h3-9,11H,10H2,1-2H3/t11-/m0/s1. The number of ketones is 1. The largest absolute Gasteiger partial charge is 0.494 e. The maximum absolute atomic E-state index is 13.7. The molecule has 0 N–H and O–H groups in total. The van der Waals surface area contributed by atoms with E-state index in [0.717, 1.165) is 17.8 Å². The lowest BCUT2D eigenvalue weighted by atomic mass is 10.1. The van der Waals surface area contributed by atoms with Gasteiger partial charge in [0, 0.05) is 5.56 Å². The van der Waals surface area contributed by atoms with Gasteiger partial charge in [0.15, 0.2) is 23.5 Å². The van der Waals surface area contributed by atoms with Gasteiger partial charge in [-0.15, -0.1) is 10.2 Å². The van der Waals surface area contributed by atoms with Gasteiger partial charge < -0.3 is 13.9 Å². The first kappa shape index (κ1) is 19.8.